The van der Waals surface area contributed by atoms with Crippen molar-refractivity contribution in [3.05, 3.63) is 59.4 Å². The monoisotopic (exact) mass is 540 g/mol. The van der Waals surface area contributed by atoms with Crippen LogP contribution in [0.4, 0.5) is 26.3 Å². The van der Waals surface area contributed by atoms with Crippen LogP contribution in [0, 0.1) is 23.6 Å². The molecule has 2 aliphatic carbocycles. The minimum Gasteiger partial charge on any atom is -0.225 e. The quantitative estimate of drug-likeness (QED) is 0.288. The fourth-order valence-electron chi connectivity index (χ4n) is 6.45. The fourth-order valence-corrected chi connectivity index (χ4v) is 6.45. The smallest absolute Gasteiger partial charge is 0.225 e. The molecule has 1 nitrogen and oxygen atoms in total. The van der Waals surface area contributed by atoms with Crippen LogP contribution in [0.2, 0.25) is 0 Å². The maximum absolute atomic E-state index is 14.9. The van der Waals surface area contributed by atoms with Crippen molar-refractivity contribution in [2.24, 2.45) is 17.8 Å². The van der Waals surface area contributed by atoms with Gasteiger partial charge in [0.05, 0.1) is 5.92 Å². The molecule has 2 saturated carbocycles. The zero-order valence-corrected chi connectivity index (χ0v) is 22.0. The van der Waals surface area contributed by atoms with Gasteiger partial charge in [0.1, 0.15) is 5.82 Å². The molecule has 7 heteroatoms. The molecular weight excluding hydrogens is 502 g/mol. The topological polar surface area (TPSA) is 9.23 Å². The number of hydrogen-bond donors (Lipinski definition) is 0. The standard InChI is InChI=1S/C31H38F6O/c1-2-3-21-4-9-23(10-5-21)24-12-14-25(15-13-24)27-17-16-26(29(32)20-27)11-6-22-7-18-28(19-8-22)30(33,34)38-31(35,36)37/h12-17,20-23,28H,2-11,18-19H2,1H3. The van der Waals surface area contributed by atoms with Gasteiger partial charge < -0.3 is 0 Å². The first-order valence-corrected chi connectivity index (χ1v) is 14.1. The molecule has 2 aromatic carbocycles. The molecular formula is C31H38F6O. The van der Waals surface area contributed by atoms with E-state index in [1.165, 1.54) is 44.1 Å². The van der Waals surface area contributed by atoms with Crippen LogP contribution in [0.25, 0.3) is 11.1 Å². The molecule has 210 valence electrons. The predicted molar refractivity (Wildman–Crippen MR) is 137 cm³/mol. The summed E-state index contributed by atoms with van der Waals surface area (Å²) in [7, 11) is 0. The first-order valence-electron chi connectivity index (χ1n) is 14.1. The largest absolute Gasteiger partial charge is 0.527 e. The van der Waals surface area contributed by atoms with Crippen molar-refractivity contribution in [3.63, 3.8) is 0 Å². The molecule has 0 aromatic heterocycles. The third-order valence-corrected chi connectivity index (χ3v) is 8.71. The summed E-state index contributed by atoms with van der Waals surface area (Å²) in [5.74, 6) is -0.181. The third-order valence-electron chi connectivity index (χ3n) is 8.71. The molecule has 0 aliphatic heterocycles. The van der Waals surface area contributed by atoms with Gasteiger partial charge in [-0.1, -0.05) is 56.2 Å². The van der Waals surface area contributed by atoms with Crippen molar-refractivity contribution in [2.75, 3.05) is 0 Å². The van der Waals surface area contributed by atoms with E-state index in [2.05, 4.69) is 35.9 Å². The van der Waals surface area contributed by atoms with Gasteiger partial charge in [0, 0.05) is 0 Å². The number of benzene rings is 2. The highest BCUT2D eigenvalue weighted by atomic mass is 19.4. The van der Waals surface area contributed by atoms with Gasteiger partial charge in [-0.2, -0.15) is 8.78 Å². The van der Waals surface area contributed by atoms with Gasteiger partial charge in [-0.05, 0) is 110 Å². The number of rotatable bonds is 9. The summed E-state index contributed by atoms with van der Waals surface area (Å²) in [5, 5.41) is 0. The van der Waals surface area contributed by atoms with E-state index in [1.807, 2.05) is 6.07 Å². The van der Waals surface area contributed by atoms with Gasteiger partial charge in [0.25, 0.3) is 0 Å². The SMILES string of the molecule is CCCC1CCC(c2ccc(-c3ccc(CCC4CCC(C(F)(F)OC(F)(F)F)CC4)c(F)c3)cc2)CC1. The molecule has 0 radical (unpaired) electrons. The Kier molecular flexibility index (Phi) is 9.49. The Morgan fingerprint density at radius 1 is 0.737 bits per heavy atom. The minimum atomic E-state index is -5.36. The summed E-state index contributed by atoms with van der Waals surface area (Å²) in [5.41, 5.74) is 3.72. The summed E-state index contributed by atoms with van der Waals surface area (Å²) >= 11 is 0. The summed E-state index contributed by atoms with van der Waals surface area (Å²) in [6.07, 6.45) is -0.145. The molecule has 0 atom stereocenters. The van der Waals surface area contributed by atoms with E-state index in [9.17, 15) is 26.3 Å². The first-order chi connectivity index (χ1) is 18.0. The molecule has 0 N–H and O–H groups in total. The Labute approximate surface area is 222 Å². The van der Waals surface area contributed by atoms with E-state index in [0.717, 1.165) is 17.0 Å². The molecule has 0 bridgehead atoms. The maximum Gasteiger partial charge on any atom is 0.527 e. The van der Waals surface area contributed by atoms with Gasteiger partial charge in [-0.15, -0.1) is 13.2 Å². The highest BCUT2D eigenvalue weighted by Crippen LogP contribution is 2.43. The number of aryl methyl sites for hydroxylation is 1. The summed E-state index contributed by atoms with van der Waals surface area (Å²) in [6.45, 7) is 2.25. The van der Waals surface area contributed by atoms with Gasteiger partial charge in [0.2, 0.25) is 0 Å². The van der Waals surface area contributed by atoms with Crippen molar-refractivity contribution >= 4 is 0 Å². The van der Waals surface area contributed by atoms with Crippen LogP contribution in [0.1, 0.15) is 94.6 Å². The average Bonchev–Trinajstić information content (AvgIpc) is 2.88. The van der Waals surface area contributed by atoms with Crippen molar-refractivity contribution < 1.29 is 31.1 Å². The molecule has 0 unspecified atom stereocenters. The molecule has 0 spiro atoms. The van der Waals surface area contributed by atoms with Gasteiger partial charge in [-0.25, -0.2) is 9.13 Å². The normalized spacial score (nSPS) is 24.9. The van der Waals surface area contributed by atoms with Gasteiger partial charge >= 0.3 is 12.5 Å². The highest BCUT2D eigenvalue weighted by Gasteiger charge is 2.50. The van der Waals surface area contributed by atoms with Crippen LogP contribution in [0.3, 0.4) is 0 Å². The molecule has 0 amide bonds. The third kappa shape index (κ3) is 7.77. The second-order valence-electron chi connectivity index (χ2n) is 11.3. The van der Waals surface area contributed by atoms with E-state index in [0.29, 0.717) is 37.2 Å². The van der Waals surface area contributed by atoms with E-state index in [1.54, 1.807) is 12.1 Å². The van der Waals surface area contributed by atoms with E-state index >= 15 is 0 Å². The summed E-state index contributed by atoms with van der Waals surface area (Å²) in [6, 6.07) is 13.7. The summed E-state index contributed by atoms with van der Waals surface area (Å²) in [4.78, 5) is 0. The Balaban J connectivity index is 1.27. The van der Waals surface area contributed by atoms with Crippen LogP contribution >= 0.6 is 0 Å². The predicted octanol–water partition coefficient (Wildman–Crippen LogP) is 10.4. The lowest BCUT2D eigenvalue weighted by Crippen LogP contribution is -2.39. The molecule has 2 aliphatic rings. The molecule has 2 fully saturated rings. The fraction of sp³-hybridized carbons (Fsp3) is 0.613. The second-order valence-corrected chi connectivity index (χ2v) is 11.3. The number of halogens is 6. The lowest BCUT2D eigenvalue weighted by atomic mass is 9.77. The molecule has 2 aromatic rings. The Bertz CT molecular complexity index is 1020. The molecule has 38 heavy (non-hydrogen) atoms. The first kappa shape index (κ1) is 29.0. The van der Waals surface area contributed by atoms with Crippen molar-refractivity contribution in [3.8, 4) is 11.1 Å². The maximum atomic E-state index is 14.9. The van der Waals surface area contributed by atoms with E-state index in [-0.39, 0.29) is 24.6 Å². The van der Waals surface area contributed by atoms with Crippen molar-refractivity contribution in [1.82, 2.24) is 0 Å². The van der Waals surface area contributed by atoms with Crippen molar-refractivity contribution in [1.29, 1.82) is 0 Å². The number of alkyl halides is 5. The van der Waals surface area contributed by atoms with E-state index < -0.39 is 18.4 Å². The Hall–Kier alpha value is -2.02. The summed E-state index contributed by atoms with van der Waals surface area (Å²) < 4.78 is 82.3. The molecule has 0 saturated heterocycles. The lowest BCUT2D eigenvalue weighted by Gasteiger charge is -2.33. The van der Waals surface area contributed by atoms with Gasteiger partial charge in [-0.3, -0.25) is 0 Å². The van der Waals surface area contributed by atoms with Crippen LogP contribution < -0.4 is 0 Å². The van der Waals surface area contributed by atoms with Crippen LogP contribution in [-0.4, -0.2) is 12.5 Å². The van der Waals surface area contributed by atoms with Gasteiger partial charge in [0.15, 0.2) is 0 Å². The average molecular weight is 541 g/mol. The van der Waals surface area contributed by atoms with Crippen LogP contribution in [0.15, 0.2) is 42.5 Å². The number of ether oxygens (including phenoxy) is 1. The zero-order chi connectivity index (χ0) is 27.3. The van der Waals surface area contributed by atoms with Crippen LogP contribution in [-0.2, 0) is 11.2 Å². The zero-order valence-electron chi connectivity index (χ0n) is 22.0. The Morgan fingerprint density at radius 2 is 1.32 bits per heavy atom. The minimum absolute atomic E-state index is 0.0364. The van der Waals surface area contributed by atoms with Crippen LogP contribution in [0.5, 0.6) is 0 Å². The number of hydrogen-bond acceptors (Lipinski definition) is 1. The second kappa shape index (κ2) is 12.4. The molecule has 4 rings (SSSR count). The Morgan fingerprint density at radius 3 is 1.89 bits per heavy atom. The molecule has 0 heterocycles. The van der Waals surface area contributed by atoms with E-state index in [4.69, 9.17) is 0 Å². The van der Waals surface area contributed by atoms with Crippen molar-refractivity contribution in [2.45, 2.75) is 102 Å². The highest BCUT2D eigenvalue weighted by molar-refractivity contribution is 5.64. The lowest BCUT2D eigenvalue weighted by molar-refractivity contribution is -0.438.